The standard InChI is InChI=1S/C14H16N2O3S2/c1-20-14(15)12(18)16-10(8-21-13(14)16)11(17)19-7-9-5-3-2-4-6-9/h2-6,10,13H,7-8,15H2,1H3/t10?,13-,14+/m1/s1. The van der Waals surface area contributed by atoms with Crippen molar-refractivity contribution in [1.29, 1.82) is 0 Å². The van der Waals surface area contributed by atoms with Gasteiger partial charge in [-0.15, -0.1) is 23.5 Å². The molecule has 112 valence electrons. The minimum Gasteiger partial charge on any atom is -0.459 e. The number of thioether (sulfide) groups is 2. The normalized spacial score (nSPS) is 30.8. The van der Waals surface area contributed by atoms with E-state index in [-0.39, 0.29) is 23.9 Å². The van der Waals surface area contributed by atoms with Gasteiger partial charge >= 0.3 is 5.97 Å². The first-order chi connectivity index (χ1) is 10.1. The summed E-state index contributed by atoms with van der Waals surface area (Å²) >= 11 is 2.88. The number of nitrogens with zero attached hydrogens (tertiary/aromatic N) is 1. The molecule has 21 heavy (non-hydrogen) atoms. The number of β-lactam (4-membered cyclic amide) rings is 1. The number of rotatable bonds is 4. The molecule has 1 aromatic rings. The first kappa shape index (κ1) is 14.7. The first-order valence-corrected chi connectivity index (χ1v) is 8.84. The highest BCUT2D eigenvalue weighted by Crippen LogP contribution is 2.49. The fraction of sp³-hybridized carbons (Fsp3) is 0.429. The van der Waals surface area contributed by atoms with Crippen LogP contribution in [0.25, 0.3) is 0 Å². The fourth-order valence-electron chi connectivity index (χ4n) is 2.52. The van der Waals surface area contributed by atoms with E-state index in [4.69, 9.17) is 10.5 Å². The lowest BCUT2D eigenvalue weighted by Crippen LogP contribution is -2.75. The third-order valence-corrected chi connectivity index (χ3v) is 6.42. The van der Waals surface area contributed by atoms with Gasteiger partial charge in [-0.1, -0.05) is 30.3 Å². The lowest BCUT2D eigenvalue weighted by atomic mass is 10.0. The van der Waals surface area contributed by atoms with E-state index in [0.717, 1.165) is 5.56 Å². The Bertz CT molecular complexity index is 569. The van der Waals surface area contributed by atoms with Crippen molar-refractivity contribution in [3.05, 3.63) is 35.9 Å². The Balaban J connectivity index is 1.61. The summed E-state index contributed by atoms with van der Waals surface area (Å²) in [4.78, 5) is 25.0. The highest BCUT2D eigenvalue weighted by molar-refractivity contribution is 8.05. The van der Waals surface area contributed by atoms with Gasteiger partial charge in [0.05, 0.1) is 0 Å². The molecule has 3 atom stereocenters. The van der Waals surface area contributed by atoms with Crippen molar-refractivity contribution in [3.63, 3.8) is 0 Å². The van der Waals surface area contributed by atoms with Crippen molar-refractivity contribution in [1.82, 2.24) is 4.90 Å². The number of nitrogens with two attached hydrogens (primary N) is 1. The SMILES string of the molecule is CS[C@@]1(N)C(=O)N2C(C(=O)OCc3ccccc3)CS[C@@H]21. The van der Waals surface area contributed by atoms with Crippen LogP contribution in [0.1, 0.15) is 5.56 Å². The van der Waals surface area contributed by atoms with Crippen molar-refractivity contribution >= 4 is 35.4 Å². The van der Waals surface area contributed by atoms with Gasteiger partial charge in [0.1, 0.15) is 18.0 Å². The molecule has 0 spiro atoms. The van der Waals surface area contributed by atoms with E-state index in [9.17, 15) is 9.59 Å². The van der Waals surface area contributed by atoms with Crippen molar-refractivity contribution in [2.45, 2.75) is 22.9 Å². The maximum absolute atomic E-state index is 12.2. The van der Waals surface area contributed by atoms with Crippen molar-refractivity contribution in [2.75, 3.05) is 12.0 Å². The molecule has 2 fully saturated rings. The number of hydrogen-bond donors (Lipinski definition) is 1. The van der Waals surface area contributed by atoms with E-state index < -0.39 is 10.9 Å². The quantitative estimate of drug-likeness (QED) is 0.507. The number of carbonyl (C=O) groups is 2. The van der Waals surface area contributed by atoms with Crippen LogP contribution < -0.4 is 5.73 Å². The minimum absolute atomic E-state index is 0.130. The van der Waals surface area contributed by atoms with Gasteiger partial charge < -0.3 is 15.4 Å². The van der Waals surface area contributed by atoms with Crippen LogP contribution in [0.3, 0.4) is 0 Å². The summed E-state index contributed by atoms with van der Waals surface area (Å²) < 4.78 is 5.32. The molecule has 2 aliphatic heterocycles. The Hall–Kier alpha value is -1.18. The fourth-order valence-corrected chi connectivity index (χ4v) is 5.02. The van der Waals surface area contributed by atoms with Gasteiger partial charge in [-0.25, -0.2) is 4.79 Å². The molecule has 1 amide bonds. The molecule has 7 heteroatoms. The van der Waals surface area contributed by atoms with Crippen LogP contribution in [0.15, 0.2) is 30.3 Å². The summed E-state index contributed by atoms with van der Waals surface area (Å²) in [6.45, 7) is 0.226. The molecule has 1 aromatic carbocycles. The summed E-state index contributed by atoms with van der Waals surface area (Å²) in [5.74, 6) is 0.0146. The number of carbonyl (C=O) groups excluding carboxylic acids is 2. The Labute approximate surface area is 131 Å². The topological polar surface area (TPSA) is 72.6 Å². The zero-order valence-electron chi connectivity index (χ0n) is 11.5. The van der Waals surface area contributed by atoms with Crippen molar-refractivity contribution in [2.24, 2.45) is 5.73 Å². The van der Waals surface area contributed by atoms with E-state index in [1.165, 1.54) is 11.8 Å². The third kappa shape index (κ3) is 2.33. The third-order valence-electron chi connectivity index (χ3n) is 3.77. The molecule has 2 N–H and O–H groups in total. The van der Waals surface area contributed by atoms with Crippen molar-refractivity contribution < 1.29 is 14.3 Å². The minimum atomic E-state index is -0.890. The summed E-state index contributed by atoms with van der Waals surface area (Å²) in [6, 6.07) is 8.97. The zero-order valence-corrected chi connectivity index (χ0v) is 13.2. The molecule has 0 radical (unpaired) electrons. The average Bonchev–Trinajstić information content (AvgIpc) is 2.95. The number of fused-ring (bicyclic) bond motifs is 1. The molecule has 3 rings (SSSR count). The van der Waals surface area contributed by atoms with Gasteiger partial charge in [0.2, 0.25) is 0 Å². The Morgan fingerprint density at radius 3 is 2.90 bits per heavy atom. The van der Waals surface area contributed by atoms with Gasteiger partial charge in [-0.3, -0.25) is 4.79 Å². The van der Waals surface area contributed by atoms with Gasteiger partial charge in [0.15, 0.2) is 4.87 Å². The van der Waals surface area contributed by atoms with Gasteiger partial charge in [-0.05, 0) is 11.8 Å². The van der Waals surface area contributed by atoms with Crippen LogP contribution in [0.4, 0.5) is 0 Å². The van der Waals surface area contributed by atoms with Crippen LogP contribution in [-0.2, 0) is 20.9 Å². The number of hydrogen-bond acceptors (Lipinski definition) is 6. The van der Waals surface area contributed by atoms with Crippen molar-refractivity contribution in [3.8, 4) is 0 Å². The maximum Gasteiger partial charge on any atom is 0.330 e. The van der Waals surface area contributed by atoms with E-state index in [2.05, 4.69) is 0 Å². The van der Waals surface area contributed by atoms with E-state index in [1.54, 1.807) is 16.7 Å². The number of benzene rings is 1. The molecular weight excluding hydrogens is 308 g/mol. The van der Waals surface area contributed by atoms with Crippen LogP contribution in [-0.4, -0.2) is 45.1 Å². The maximum atomic E-state index is 12.2. The monoisotopic (exact) mass is 324 g/mol. The van der Waals surface area contributed by atoms with Crippen LogP contribution in [0, 0.1) is 0 Å². The van der Waals surface area contributed by atoms with E-state index in [0.29, 0.717) is 5.75 Å². The van der Waals surface area contributed by atoms with Crippen LogP contribution >= 0.6 is 23.5 Å². The Kier molecular flexibility index (Phi) is 3.90. The average molecular weight is 324 g/mol. The highest BCUT2D eigenvalue weighted by Gasteiger charge is 2.65. The highest BCUT2D eigenvalue weighted by atomic mass is 32.2. The largest absolute Gasteiger partial charge is 0.459 e. The summed E-state index contributed by atoms with van der Waals surface area (Å²) in [5.41, 5.74) is 6.99. The second-order valence-corrected chi connectivity index (χ2v) is 7.20. The predicted octanol–water partition coefficient (Wildman–Crippen LogP) is 1.03. The summed E-state index contributed by atoms with van der Waals surface area (Å²) in [5, 5.41) is -0.130. The molecule has 0 bridgehead atoms. The summed E-state index contributed by atoms with van der Waals surface area (Å²) in [7, 11) is 0. The number of esters is 1. The van der Waals surface area contributed by atoms with Gasteiger partial charge in [-0.2, -0.15) is 0 Å². The number of amides is 1. The molecule has 0 aliphatic carbocycles. The zero-order chi connectivity index (χ0) is 15.0. The lowest BCUT2D eigenvalue weighted by Gasteiger charge is -2.49. The second kappa shape index (κ2) is 5.55. The smallest absolute Gasteiger partial charge is 0.330 e. The summed E-state index contributed by atoms with van der Waals surface area (Å²) in [6.07, 6.45) is 1.82. The van der Waals surface area contributed by atoms with Gasteiger partial charge in [0.25, 0.3) is 5.91 Å². The second-order valence-electron chi connectivity index (χ2n) is 5.00. The molecule has 2 aliphatic rings. The van der Waals surface area contributed by atoms with E-state index in [1.807, 2.05) is 36.6 Å². The van der Waals surface area contributed by atoms with Crippen LogP contribution in [0.5, 0.6) is 0 Å². The van der Waals surface area contributed by atoms with E-state index >= 15 is 0 Å². The van der Waals surface area contributed by atoms with Crippen LogP contribution in [0.2, 0.25) is 0 Å². The Morgan fingerprint density at radius 2 is 2.24 bits per heavy atom. The first-order valence-electron chi connectivity index (χ1n) is 6.57. The molecule has 2 saturated heterocycles. The van der Waals surface area contributed by atoms with Gasteiger partial charge in [0, 0.05) is 5.75 Å². The molecular formula is C14H16N2O3S2. The molecule has 2 heterocycles. The predicted molar refractivity (Wildman–Crippen MR) is 83.6 cm³/mol. The Morgan fingerprint density at radius 1 is 1.52 bits per heavy atom. The molecule has 5 nitrogen and oxygen atoms in total. The number of ether oxygens (including phenoxy) is 1. The lowest BCUT2D eigenvalue weighted by molar-refractivity contribution is -0.162. The molecule has 0 aromatic heterocycles. The molecule has 0 saturated carbocycles. The molecule has 1 unspecified atom stereocenters.